The standard InChI is InChI=1S/C21H20S/c1-4-22-19-13-18-20(15-10-6-5-9-14(15)19)16-11-7-8-12-17(16)21(18,2)3/h5-13H,4H2,1-3H3. The van der Waals surface area contributed by atoms with Gasteiger partial charge in [0.15, 0.2) is 0 Å². The SMILES string of the molecule is CCSc1cc2c(c3ccccc13)-c1ccccc1C2(C)C. The first kappa shape index (κ1) is 13.9. The number of hydrogen-bond donors (Lipinski definition) is 0. The van der Waals surface area contributed by atoms with E-state index in [0.717, 1.165) is 5.75 Å². The molecule has 0 amide bonds. The third-order valence-electron chi connectivity index (χ3n) is 4.85. The lowest BCUT2D eigenvalue weighted by molar-refractivity contribution is 0.659. The van der Waals surface area contributed by atoms with Crippen molar-refractivity contribution >= 4 is 22.5 Å². The molecule has 0 fully saturated rings. The van der Waals surface area contributed by atoms with Crippen LogP contribution in [0.4, 0.5) is 0 Å². The van der Waals surface area contributed by atoms with Crippen LogP contribution in [0.15, 0.2) is 59.5 Å². The van der Waals surface area contributed by atoms with E-state index >= 15 is 0 Å². The minimum Gasteiger partial charge on any atom is -0.126 e. The minimum absolute atomic E-state index is 0.0824. The van der Waals surface area contributed by atoms with Crippen LogP contribution in [0.25, 0.3) is 21.9 Å². The second-order valence-electron chi connectivity index (χ2n) is 6.45. The van der Waals surface area contributed by atoms with Crippen LogP contribution < -0.4 is 0 Å². The summed E-state index contributed by atoms with van der Waals surface area (Å²) in [6.45, 7) is 6.94. The van der Waals surface area contributed by atoms with Crippen molar-refractivity contribution < 1.29 is 0 Å². The largest absolute Gasteiger partial charge is 0.126 e. The molecule has 0 atom stereocenters. The van der Waals surface area contributed by atoms with Gasteiger partial charge in [0.25, 0.3) is 0 Å². The zero-order valence-corrected chi connectivity index (χ0v) is 14.1. The normalized spacial score (nSPS) is 14.9. The lowest BCUT2D eigenvalue weighted by Gasteiger charge is -2.22. The average molecular weight is 304 g/mol. The summed E-state index contributed by atoms with van der Waals surface area (Å²) in [6.07, 6.45) is 0. The van der Waals surface area contributed by atoms with Gasteiger partial charge in [-0.05, 0) is 44.8 Å². The number of benzene rings is 3. The van der Waals surface area contributed by atoms with Crippen LogP contribution in [0, 0.1) is 0 Å². The molecule has 0 aliphatic heterocycles. The Labute approximate surface area is 136 Å². The maximum absolute atomic E-state index is 2.44. The molecule has 0 unspecified atom stereocenters. The van der Waals surface area contributed by atoms with E-state index in [9.17, 15) is 0 Å². The van der Waals surface area contributed by atoms with Gasteiger partial charge in [-0.2, -0.15) is 0 Å². The molecule has 1 heteroatoms. The summed E-state index contributed by atoms with van der Waals surface area (Å²) < 4.78 is 0. The predicted octanol–water partition coefficient (Wildman–Crippen LogP) is 6.26. The Kier molecular flexibility index (Phi) is 3.09. The first-order valence-corrected chi connectivity index (χ1v) is 8.92. The Morgan fingerprint density at radius 3 is 2.32 bits per heavy atom. The second kappa shape index (κ2) is 4.89. The van der Waals surface area contributed by atoms with Crippen molar-refractivity contribution in [3.8, 4) is 11.1 Å². The van der Waals surface area contributed by atoms with Crippen LogP contribution in [-0.4, -0.2) is 5.75 Å². The van der Waals surface area contributed by atoms with Gasteiger partial charge in [0.05, 0.1) is 0 Å². The summed E-state index contributed by atoms with van der Waals surface area (Å²) in [7, 11) is 0. The summed E-state index contributed by atoms with van der Waals surface area (Å²) in [4.78, 5) is 1.41. The van der Waals surface area contributed by atoms with Gasteiger partial charge in [-0.3, -0.25) is 0 Å². The number of hydrogen-bond acceptors (Lipinski definition) is 1. The fourth-order valence-corrected chi connectivity index (χ4v) is 4.64. The van der Waals surface area contributed by atoms with E-state index in [1.54, 1.807) is 0 Å². The van der Waals surface area contributed by atoms with Gasteiger partial charge in [-0.1, -0.05) is 69.3 Å². The summed E-state index contributed by atoms with van der Waals surface area (Å²) in [5.74, 6) is 1.11. The number of rotatable bonds is 2. The van der Waals surface area contributed by atoms with Crippen molar-refractivity contribution in [1.29, 1.82) is 0 Å². The Balaban J connectivity index is 2.16. The Hall–Kier alpha value is -1.73. The molecule has 0 saturated carbocycles. The molecule has 110 valence electrons. The van der Waals surface area contributed by atoms with Crippen LogP contribution >= 0.6 is 11.8 Å². The second-order valence-corrected chi connectivity index (χ2v) is 7.75. The van der Waals surface area contributed by atoms with Gasteiger partial charge < -0.3 is 0 Å². The van der Waals surface area contributed by atoms with Gasteiger partial charge in [0.2, 0.25) is 0 Å². The summed E-state index contributed by atoms with van der Waals surface area (Å²) in [5.41, 5.74) is 5.86. The molecule has 4 rings (SSSR count). The van der Waals surface area contributed by atoms with E-state index in [1.165, 1.54) is 37.9 Å². The van der Waals surface area contributed by atoms with E-state index < -0.39 is 0 Å². The van der Waals surface area contributed by atoms with E-state index in [2.05, 4.69) is 75.4 Å². The zero-order chi connectivity index (χ0) is 15.3. The molecule has 0 saturated heterocycles. The number of fused-ring (bicyclic) bond motifs is 5. The molecule has 1 aliphatic carbocycles. The van der Waals surface area contributed by atoms with E-state index in [4.69, 9.17) is 0 Å². The van der Waals surface area contributed by atoms with Crippen molar-refractivity contribution in [2.24, 2.45) is 0 Å². The van der Waals surface area contributed by atoms with Crippen molar-refractivity contribution in [2.75, 3.05) is 5.75 Å². The topological polar surface area (TPSA) is 0 Å². The molecule has 0 radical (unpaired) electrons. The van der Waals surface area contributed by atoms with Crippen LogP contribution in [0.2, 0.25) is 0 Å². The molecule has 0 heterocycles. The monoisotopic (exact) mass is 304 g/mol. The van der Waals surface area contributed by atoms with Crippen molar-refractivity contribution in [3.05, 3.63) is 65.7 Å². The fourth-order valence-electron chi connectivity index (χ4n) is 3.79. The van der Waals surface area contributed by atoms with E-state index in [0.29, 0.717) is 0 Å². The molecule has 0 bridgehead atoms. The number of thioether (sulfide) groups is 1. The van der Waals surface area contributed by atoms with Gasteiger partial charge in [0.1, 0.15) is 0 Å². The first-order valence-electron chi connectivity index (χ1n) is 7.93. The maximum Gasteiger partial charge on any atom is 0.0159 e. The molecule has 0 nitrogen and oxygen atoms in total. The molecule has 22 heavy (non-hydrogen) atoms. The molecule has 1 aliphatic rings. The minimum atomic E-state index is 0.0824. The molecule has 0 spiro atoms. The zero-order valence-electron chi connectivity index (χ0n) is 13.3. The molecule has 3 aromatic carbocycles. The molecular formula is C21H20S. The maximum atomic E-state index is 2.44. The van der Waals surface area contributed by atoms with Gasteiger partial charge in [0, 0.05) is 10.3 Å². The van der Waals surface area contributed by atoms with Crippen LogP contribution in [0.3, 0.4) is 0 Å². The Morgan fingerprint density at radius 2 is 1.55 bits per heavy atom. The lowest BCUT2D eigenvalue weighted by Crippen LogP contribution is -2.15. The quantitative estimate of drug-likeness (QED) is 0.504. The van der Waals surface area contributed by atoms with Crippen LogP contribution in [0.5, 0.6) is 0 Å². The third kappa shape index (κ3) is 1.78. The molecule has 0 N–H and O–H groups in total. The van der Waals surface area contributed by atoms with Crippen molar-refractivity contribution in [3.63, 3.8) is 0 Å². The van der Waals surface area contributed by atoms with Crippen LogP contribution in [-0.2, 0) is 5.41 Å². The van der Waals surface area contributed by atoms with E-state index in [1.807, 2.05) is 11.8 Å². The average Bonchev–Trinajstić information content (AvgIpc) is 2.77. The fraction of sp³-hybridized carbons (Fsp3) is 0.238. The molecule has 3 aromatic rings. The van der Waals surface area contributed by atoms with Gasteiger partial charge in [-0.25, -0.2) is 0 Å². The van der Waals surface area contributed by atoms with Crippen molar-refractivity contribution in [1.82, 2.24) is 0 Å². The van der Waals surface area contributed by atoms with Gasteiger partial charge >= 0.3 is 0 Å². The Morgan fingerprint density at radius 1 is 0.864 bits per heavy atom. The molecule has 0 aromatic heterocycles. The molecular weight excluding hydrogens is 284 g/mol. The summed E-state index contributed by atoms with van der Waals surface area (Å²) in [5, 5.41) is 2.79. The highest BCUT2D eigenvalue weighted by Gasteiger charge is 2.36. The highest BCUT2D eigenvalue weighted by Crippen LogP contribution is 2.52. The highest BCUT2D eigenvalue weighted by atomic mass is 32.2. The highest BCUT2D eigenvalue weighted by molar-refractivity contribution is 7.99. The first-order chi connectivity index (χ1) is 10.6. The van der Waals surface area contributed by atoms with E-state index in [-0.39, 0.29) is 5.41 Å². The lowest BCUT2D eigenvalue weighted by atomic mass is 9.82. The summed E-state index contributed by atoms with van der Waals surface area (Å²) in [6, 6.07) is 20.2. The predicted molar refractivity (Wildman–Crippen MR) is 97.9 cm³/mol. The Bertz CT molecular complexity index is 874. The smallest absolute Gasteiger partial charge is 0.0159 e. The third-order valence-corrected chi connectivity index (χ3v) is 5.79. The van der Waals surface area contributed by atoms with Crippen molar-refractivity contribution in [2.45, 2.75) is 31.1 Å². The van der Waals surface area contributed by atoms with Crippen LogP contribution in [0.1, 0.15) is 31.9 Å². The van der Waals surface area contributed by atoms with Gasteiger partial charge in [-0.15, -0.1) is 11.8 Å². The summed E-state index contributed by atoms with van der Waals surface area (Å²) >= 11 is 1.95.